The van der Waals surface area contributed by atoms with Crippen LogP contribution < -0.4 is 0 Å². The number of rotatable bonds is 5. The molecule has 2 rings (SSSR count). The third kappa shape index (κ3) is 3.14. The van der Waals surface area contributed by atoms with Crippen molar-refractivity contribution in [2.45, 2.75) is 51.5 Å². The minimum atomic E-state index is -0.858. The third-order valence-corrected chi connectivity index (χ3v) is 4.82. The van der Waals surface area contributed by atoms with E-state index in [9.17, 15) is 19.8 Å². The van der Waals surface area contributed by atoms with Crippen LogP contribution in [0.2, 0.25) is 0 Å². The summed E-state index contributed by atoms with van der Waals surface area (Å²) in [5, 5.41) is 18.5. The number of carbonyl (C=O) groups is 2. The Morgan fingerprint density at radius 2 is 1.75 bits per heavy atom. The standard InChI is InChI=1S/C15H25NO4/c1-10-8-12(13(9-10)15(19)20)14(18)16(6-7-17)11-4-2-3-5-11/h10-13,17H,2-9H2,1H3,(H,19,20). The maximum Gasteiger partial charge on any atom is 0.307 e. The highest BCUT2D eigenvalue weighted by atomic mass is 16.4. The Kier molecular flexibility index (Phi) is 5.02. The highest BCUT2D eigenvalue weighted by Crippen LogP contribution is 2.38. The molecule has 3 atom stereocenters. The summed E-state index contributed by atoms with van der Waals surface area (Å²) in [4.78, 5) is 25.8. The molecule has 3 unspecified atom stereocenters. The van der Waals surface area contributed by atoms with Crippen LogP contribution in [-0.4, -0.2) is 46.2 Å². The molecule has 114 valence electrons. The van der Waals surface area contributed by atoms with Crippen LogP contribution in [0.4, 0.5) is 0 Å². The molecule has 2 fully saturated rings. The van der Waals surface area contributed by atoms with Crippen molar-refractivity contribution in [3.63, 3.8) is 0 Å². The molecule has 0 spiro atoms. The molecular weight excluding hydrogens is 258 g/mol. The number of aliphatic carboxylic acids is 1. The van der Waals surface area contributed by atoms with E-state index in [1.807, 2.05) is 6.92 Å². The molecule has 0 aliphatic heterocycles. The van der Waals surface area contributed by atoms with Gasteiger partial charge in [-0.1, -0.05) is 19.8 Å². The van der Waals surface area contributed by atoms with E-state index >= 15 is 0 Å². The van der Waals surface area contributed by atoms with E-state index in [1.54, 1.807) is 4.90 Å². The van der Waals surface area contributed by atoms with Crippen LogP contribution in [0.1, 0.15) is 45.4 Å². The molecule has 0 saturated heterocycles. The Hall–Kier alpha value is -1.10. The fourth-order valence-electron chi connectivity index (χ4n) is 3.85. The lowest BCUT2D eigenvalue weighted by atomic mass is 9.94. The topological polar surface area (TPSA) is 77.8 Å². The summed E-state index contributed by atoms with van der Waals surface area (Å²) >= 11 is 0. The first-order chi connectivity index (χ1) is 9.54. The number of nitrogens with zero attached hydrogens (tertiary/aromatic N) is 1. The lowest BCUT2D eigenvalue weighted by Gasteiger charge is -2.32. The molecule has 0 aromatic rings. The van der Waals surface area contributed by atoms with Gasteiger partial charge in [-0.05, 0) is 31.6 Å². The Morgan fingerprint density at radius 1 is 1.15 bits per heavy atom. The number of carboxylic acids is 1. The van der Waals surface area contributed by atoms with Crippen LogP contribution >= 0.6 is 0 Å². The third-order valence-electron chi connectivity index (χ3n) is 4.82. The van der Waals surface area contributed by atoms with Gasteiger partial charge in [0.1, 0.15) is 0 Å². The molecule has 2 aliphatic carbocycles. The molecule has 5 nitrogen and oxygen atoms in total. The van der Waals surface area contributed by atoms with Crippen molar-refractivity contribution in [3.8, 4) is 0 Å². The summed E-state index contributed by atoms with van der Waals surface area (Å²) < 4.78 is 0. The van der Waals surface area contributed by atoms with E-state index < -0.39 is 17.8 Å². The minimum absolute atomic E-state index is 0.0531. The smallest absolute Gasteiger partial charge is 0.307 e. The van der Waals surface area contributed by atoms with Gasteiger partial charge in [0, 0.05) is 12.6 Å². The van der Waals surface area contributed by atoms with Gasteiger partial charge in [-0.2, -0.15) is 0 Å². The lowest BCUT2D eigenvalue weighted by Crippen LogP contribution is -2.45. The average molecular weight is 283 g/mol. The number of hydrogen-bond donors (Lipinski definition) is 2. The SMILES string of the molecule is CC1CC(C(=O)O)C(C(=O)N(CCO)C2CCCC2)C1. The molecule has 0 aromatic carbocycles. The fraction of sp³-hybridized carbons (Fsp3) is 0.867. The fourth-order valence-corrected chi connectivity index (χ4v) is 3.85. The summed E-state index contributed by atoms with van der Waals surface area (Å²) in [5.41, 5.74) is 0. The van der Waals surface area contributed by atoms with Gasteiger partial charge in [0.15, 0.2) is 0 Å². The molecule has 0 aromatic heterocycles. The Morgan fingerprint density at radius 3 is 2.30 bits per heavy atom. The van der Waals surface area contributed by atoms with E-state index in [-0.39, 0.29) is 24.5 Å². The van der Waals surface area contributed by atoms with Crippen molar-refractivity contribution in [3.05, 3.63) is 0 Å². The van der Waals surface area contributed by atoms with E-state index in [1.165, 1.54) is 0 Å². The average Bonchev–Trinajstić information content (AvgIpc) is 3.04. The summed E-state index contributed by atoms with van der Waals surface area (Å²) in [6.07, 6.45) is 5.43. The molecule has 5 heteroatoms. The second-order valence-electron chi connectivity index (χ2n) is 6.32. The molecule has 1 amide bonds. The Labute approximate surface area is 120 Å². The normalized spacial score (nSPS) is 30.6. The van der Waals surface area contributed by atoms with E-state index in [4.69, 9.17) is 0 Å². The molecule has 2 aliphatic rings. The zero-order chi connectivity index (χ0) is 14.7. The van der Waals surface area contributed by atoms with Gasteiger partial charge in [0.2, 0.25) is 5.91 Å². The predicted octanol–water partition coefficient (Wildman–Crippen LogP) is 1.50. The van der Waals surface area contributed by atoms with Crippen LogP contribution in [0.15, 0.2) is 0 Å². The van der Waals surface area contributed by atoms with Gasteiger partial charge in [0.25, 0.3) is 0 Å². The largest absolute Gasteiger partial charge is 0.481 e. The van der Waals surface area contributed by atoms with E-state index in [0.29, 0.717) is 19.4 Å². The molecule has 0 bridgehead atoms. The zero-order valence-corrected chi connectivity index (χ0v) is 12.1. The molecule has 0 heterocycles. The van der Waals surface area contributed by atoms with Gasteiger partial charge < -0.3 is 15.1 Å². The van der Waals surface area contributed by atoms with Gasteiger partial charge in [-0.25, -0.2) is 0 Å². The van der Waals surface area contributed by atoms with Crippen LogP contribution in [0.3, 0.4) is 0 Å². The number of aliphatic hydroxyl groups excluding tert-OH is 1. The number of hydrogen-bond acceptors (Lipinski definition) is 3. The van der Waals surface area contributed by atoms with Crippen LogP contribution in [0.5, 0.6) is 0 Å². The van der Waals surface area contributed by atoms with Crippen molar-refractivity contribution < 1.29 is 19.8 Å². The number of amides is 1. The summed E-state index contributed by atoms with van der Waals surface area (Å²) in [6.45, 7) is 2.29. The Balaban J connectivity index is 2.11. The first kappa shape index (κ1) is 15.3. The Bertz CT molecular complexity index is 365. The van der Waals surface area contributed by atoms with Crippen molar-refractivity contribution in [2.75, 3.05) is 13.2 Å². The van der Waals surface area contributed by atoms with E-state index in [0.717, 1.165) is 25.7 Å². The molecule has 2 N–H and O–H groups in total. The summed E-state index contributed by atoms with van der Waals surface area (Å²) in [6, 6.07) is 0.194. The zero-order valence-electron chi connectivity index (χ0n) is 12.1. The van der Waals surface area contributed by atoms with E-state index in [2.05, 4.69) is 0 Å². The number of carboxylic acid groups (broad SMARTS) is 1. The van der Waals surface area contributed by atoms with Gasteiger partial charge >= 0.3 is 5.97 Å². The first-order valence-corrected chi connectivity index (χ1v) is 7.68. The van der Waals surface area contributed by atoms with Crippen LogP contribution in [0, 0.1) is 17.8 Å². The van der Waals surface area contributed by atoms with Crippen LogP contribution in [-0.2, 0) is 9.59 Å². The maximum absolute atomic E-state index is 12.7. The number of aliphatic hydroxyl groups is 1. The quantitative estimate of drug-likeness (QED) is 0.801. The summed E-state index contributed by atoms with van der Waals surface area (Å²) in [5.74, 6) is -1.59. The van der Waals surface area contributed by atoms with Crippen LogP contribution in [0.25, 0.3) is 0 Å². The molecule has 0 radical (unpaired) electrons. The predicted molar refractivity (Wildman–Crippen MR) is 74.1 cm³/mol. The van der Waals surface area contributed by atoms with Crippen molar-refractivity contribution >= 4 is 11.9 Å². The van der Waals surface area contributed by atoms with Gasteiger partial charge in [-0.15, -0.1) is 0 Å². The summed E-state index contributed by atoms with van der Waals surface area (Å²) in [7, 11) is 0. The molecule has 20 heavy (non-hydrogen) atoms. The highest BCUT2D eigenvalue weighted by Gasteiger charge is 2.44. The van der Waals surface area contributed by atoms with Crippen molar-refractivity contribution in [1.82, 2.24) is 4.90 Å². The highest BCUT2D eigenvalue weighted by molar-refractivity contribution is 5.85. The lowest BCUT2D eigenvalue weighted by molar-refractivity contribution is -0.150. The molecular formula is C15H25NO4. The molecule has 2 saturated carbocycles. The second-order valence-corrected chi connectivity index (χ2v) is 6.32. The van der Waals surface area contributed by atoms with Gasteiger partial charge in [-0.3, -0.25) is 9.59 Å². The van der Waals surface area contributed by atoms with Crippen molar-refractivity contribution in [2.24, 2.45) is 17.8 Å². The second kappa shape index (κ2) is 6.57. The first-order valence-electron chi connectivity index (χ1n) is 7.68. The minimum Gasteiger partial charge on any atom is -0.481 e. The van der Waals surface area contributed by atoms with Gasteiger partial charge in [0.05, 0.1) is 18.4 Å². The maximum atomic E-state index is 12.7. The monoisotopic (exact) mass is 283 g/mol. The number of carbonyl (C=O) groups excluding carboxylic acids is 1. The van der Waals surface area contributed by atoms with Crippen molar-refractivity contribution in [1.29, 1.82) is 0 Å².